The van der Waals surface area contributed by atoms with Crippen molar-refractivity contribution in [1.82, 2.24) is 14.9 Å². The Morgan fingerprint density at radius 2 is 2.30 bits per heavy atom. The van der Waals surface area contributed by atoms with E-state index in [4.69, 9.17) is 4.98 Å². The predicted octanol–water partition coefficient (Wildman–Crippen LogP) is 3.22. The summed E-state index contributed by atoms with van der Waals surface area (Å²) in [6.45, 7) is 4.16. The Labute approximate surface area is 137 Å². The molecule has 2 aromatic heterocycles. The zero-order chi connectivity index (χ0) is 16.0. The van der Waals surface area contributed by atoms with Crippen molar-refractivity contribution in [2.45, 2.75) is 38.8 Å². The average Bonchev–Trinajstić information content (AvgIpc) is 2.92. The fourth-order valence-electron chi connectivity index (χ4n) is 3.40. The molecule has 0 saturated carbocycles. The minimum Gasteiger partial charge on any atom is -0.507 e. The van der Waals surface area contributed by atoms with Crippen LogP contribution in [0.3, 0.4) is 0 Å². The smallest absolute Gasteiger partial charge is 0.257 e. The molecule has 120 valence electrons. The van der Waals surface area contributed by atoms with Crippen LogP contribution in [0.5, 0.6) is 5.75 Å². The molecule has 1 aromatic carbocycles. The lowest BCUT2D eigenvalue weighted by Gasteiger charge is -2.32. The van der Waals surface area contributed by atoms with Crippen molar-refractivity contribution in [2.24, 2.45) is 0 Å². The fourth-order valence-corrected chi connectivity index (χ4v) is 4.39. The molecule has 5 nitrogen and oxygen atoms in total. The number of H-pyrrole nitrogens is 1. The number of piperidine rings is 1. The van der Waals surface area contributed by atoms with Crippen LogP contribution in [0.2, 0.25) is 0 Å². The van der Waals surface area contributed by atoms with E-state index in [0.29, 0.717) is 22.3 Å². The van der Waals surface area contributed by atoms with E-state index in [1.807, 2.05) is 0 Å². The molecule has 23 heavy (non-hydrogen) atoms. The molecule has 1 aliphatic rings. The van der Waals surface area contributed by atoms with Gasteiger partial charge in [-0.05, 0) is 38.4 Å². The van der Waals surface area contributed by atoms with E-state index < -0.39 is 0 Å². The average molecular weight is 329 g/mol. The number of phenolic OH excluding ortho intramolecular Hbond substituents is 1. The molecule has 0 amide bonds. The Kier molecular flexibility index (Phi) is 3.58. The molecular formula is C17H19N3O2S. The zero-order valence-corrected chi connectivity index (χ0v) is 13.8. The summed E-state index contributed by atoms with van der Waals surface area (Å²) in [6.07, 6.45) is 3.75. The minimum atomic E-state index is -0.176. The van der Waals surface area contributed by atoms with E-state index in [-0.39, 0.29) is 11.3 Å². The van der Waals surface area contributed by atoms with Crippen molar-refractivity contribution < 1.29 is 5.11 Å². The number of likely N-dealkylation sites (tertiary alicyclic amines) is 1. The van der Waals surface area contributed by atoms with Crippen LogP contribution >= 0.6 is 11.3 Å². The third-order valence-corrected chi connectivity index (χ3v) is 5.66. The highest BCUT2D eigenvalue weighted by atomic mass is 32.1. The molecule has 0 bridgehead atoms. The number of phenols is 1. The van der Waals surface area contributed by atoms with Gasteiger partial charge in [-0.1, -0.05) is 23.8 Å². The summed E-state index contributed by atoms with van der Waals surface area (Å²) in [6, 6.07) is 5.58. The lowest BCUT2D eigenvalue weighted by molar-refractivity contribution is 0.152. The number of nitrogens with one attached hydrogen (secondary N) is 1. The van der Waals surface area contributed by atoms with E-state index in [2.05, 4.69) is 16.8 Å². The Morgan fingerprint density at radius 1 is 1.43 bits per heavy atom. The maximum Gasteiger partial charge on any atom is 0.257 e. The molecule has 1 saturated heterocycles. The summed E-state index contributed by atoms with van der Waals surface area (Å²) in [5.74, 6) is 0.113. The van der Waals surface area contributed by atoms with Crippen LogP contribution in [0.4, 0.5) is 0 Å². The number of aromatic amines is 1. The Bertz CT molecular complexity index is 931. The van der Waals surface area contributed by atoms with Crippen molar-refractivity contribution in [3.8, 4) is 5.75 Å². The number of benzene rings is 1. The van der Waals surface area contributed by atoms with Gasteiger partial charge in [0.2, 0.25) is 0 Å². The first-order valence-corrected chi connectivity index (χ1v) is 8.82. The molecule has 1 fully saturated rings. The summed E-state index contributed by atoms with van der Waals surface area (Å²) in [5, 5.41) is 12.2. The number of fused-ring (bicyclic) bond motifs is 3. The lowest BCUT2D eigenvalue weighted by atomic mass is 10.0. The molecule has 0 spiro atoms. The van der Waals surface area contributed by atoms with Gasteiger partial charge >= 0.3 is 0 Å². The topological polar surface area (TPSA) is 69.2 Å². The molecule has 4 rings (SSSR count). The fraction of sp³-hybridized carbons (Fsp3) is 0.412. The van der Waals surface area contributed by atoms with Crippen molar-refractivity contribution in [1.29, 1.82) is 0 Å². The third-order valence-electron chi connectivity index (χ3n) is 4.70. The zero-order valence-electron chi connectivity index (χ0n) is 13.0. The number of aromatic hydroxyl groups is 1. The van der Waals surface area contributed by atoms with E-state index >= 15 is 0 Å². The number of pyridine rings is 1. The summed E-state index contributed by atoms with van der Waals surface area (Å²) in [7, 11) is 0. The Balaban J connectivity index is 1.81. The third kappa shape index (κ3) is 2.52. The van der Waals surface area contributed by atoms with Crippen molar-refractivity contribution >= 4 is 32.5 Å². The van der Waals surface area contributed by atoms with Gasteiger partial charge in [0.05, 0.1) is 17.3 Å². The van der Waals surface area contributed by atoms with Gasteiger partial charge in [-0.3, -0.25) is 9.69 Å². The number of thiazole rings is 1. The van der Waals surface area contributed by atoms with Gasteiger partial charge in [0, 0.05) is 6.04 Å². The predicted molar refractivity (Wildman–Crippen MR) is 93.1 cm³/mol. The van der Waals surface area contributed by atoms with Gasteiger partial charge in [0.25, 0.3) is 5.56 Å². The Morgan fingerprint density at radius 3 is 3.13 bits per heavy atom. The summed E-state index contributed by atoms with van der Waals surface area (Å²) < 4.78 is 0. The van der Waals surface area contributed by atoms with Crippen LogP contribution in [0.25, 0.3) is 21.1 Å². The lowest BCUT2D eigenvalue weighted by Crippen LogP contribution is -2.36. The van der Waals surface area contributed by atoms with Crippen LogP contribution in [0.15, 0.2) is 23.0 Å². The Hall–Kier alpha value is -1.92. The number of hydrogen-bond donors (Lipinski definition) is 2. The normalized spacial score (nSPS) is 19.6. The second-order valence-corrected chi connectivity index (χ2v) is 7.34. The van der Waals surface area contributed by atoms with Gasteiger partial charge in [-0.25, -0.2) is 4.98 Å². The standard InChI is InChI=1S/C17H19N3O2S/c1-10-5-2-3-8-20(10)9-13-18-15-14-11(6-4-7-12(14)21)16(22)19-17(15)23-13/h4,6-7,10,21H,2-3,5,8-9H2,1H3,(H,19,22)/t10-/m1/s1. The monoisotopic (exact) mass is 329 g/mol. The van der Waals surface area contributed by atoms with Gasteiger partial charge < -0.3 is 10.1 Å². The largest absolute Gasteiger partial charge is 0.507 e. The maximum atomic E-state index is 12.2. The van der Waals surface area contributed by atoms with Crippen LogP contribution in [0.1, 0.15) is 31.2 Å². The maximum absolute atomic E-state index is 12.2. The molecule has 2 N–H and O–H groups in total. The molecule has 0 unspecified atom stereocenters. The van der Waals surface area contributed by atoms with Gasteiger partial charge in [0.15, 0.2) is 0 Å². The summed E-state index contributed by atoms with van der Waals surface area (Å²) in [5.41, 5.74) is 0.521. The van der Waals surface area contributed by atoms with Crippen molar-refractivity contribution in [3.63, 3.8) is 0 Å². The van der Waals surface area contributed by atoms with Gasteiger partial charge in [-0.15, -0.1) is 0 Å². The second-order valence-electron chi connectivity index (χ2n) is 6.25. The van der Waals surface area contributed by atoms with Crippen molar-refractivity contribution in [2.75, 3.05) is 6.54 Å². The molecule has 3 heterocycles. The highest BCUT2D eigenvalue weighted by Gasteiger charge is 2.20. The summed E-state index contributed by atoms with van der Waals surface area (Å²) >= 11 is 1.51. The molecule has 3 aromatic rings. The number of aromatic nitrogens is 2. The van der Waals surface area contributed by atoms with Gasteiger partial charge in [0.1, 0.15) is 21.1 Å². The first-order chi connectivity index (χ1) is 11.1. The van der Waals surface area contributed by atoms with E-state index in [0.717, 1.165) is 22.9 Å². The van der Waals surface area contributed by atoms with Crippen LogP contribution in [-0.2, 0) is 6.54 Å². The first kappa shape index (κ1) is 14.7. The SMILES string of the molecule is C[C@@H]1CCCCN1Cc1nc2c([nH]c(=O)c3cccc(O)c32)s1. The first-order valence-electron chi connectivity index (χ1n) is 8.01. The number of nitrogens with zero attached hydrogens (tertiary/aromatic N) is 2. The van der Waals surface area contributed by atoms with Gasteiger partial charge in [-0.2, -0.15) is 0 Å². The molecule has 1 atom stereocenters. The highest BCUT2D eigenvalue weighted by molar-refractivity contribution is 7.18. The van der Waals surface area contributed by atoms with Crippen LogP contribution < -0.4 is 5.56 Å². The molecular weight excluding hydrogens is 310 g/mol. The number of rotatable bonds is 2. The van der Waals surface area contributed by atoms with E-state index in [1.165, 1.54) is 30.6 Å². The number of hydrogen-bond acceptors (Lipinski definition) is 5. The quantitative estimate of drug-likeness (QED) is 0.757. The minimum absolute atomic E-state index is 0.113. The summed E-state index contributed by atoms with van der Waals surface area (Å²) in [4.78, 5) is 23.0. The van der Waals surface area contributed by atoms with E-state index in [9.17, 15) is 9.90 Å². The molecule has 6 heteroatoms. The van der Waals surface area contributed by atoms with Crippen LogP contribution in [0, 0.1) is 0 Å². The molecule has 0 radical (unpaired) electrons. The van der Waals surface area contributed by atoms with Crippen molar-refractivity contribution in [3.05, 3.63) is 33.6 Å². The molecule has 0 aliphatic carbocycles. The van der Waals surface area contributed by atoms with E-state index in [1.54, 1.807) is 18.2 Å². The molecule has 1 aliphatic heterocycles. The second kappa shape index (κ2) is 5.62. The van der Waals surface area contributed by atoms with Crippen LogP contribution in [-0.4, -0.2) is 32.6 Å². The highest BCUT2D eigenvalue weighted by Crippen LogP contribution is 2.32.